The third-order valence-corrected chi connectivity index (χ3v) is 3.64. The molecule has 0 spiro atoms. The maximum Gasteiger partial charge on any atom is 0.354 e. The predicted octanol–water partition coefficient (Wildman–Crippen LogP) is 2.29. The van der Waals surface area contributed by atoms with E-state index < -0.39 is 5.97 Å². The van der Waals surface area contributed by atoms with E-state index in [1.807, 2.05) is 20.8 Å². The maximum atomic E-state index is 12.7. The lowest BCUT2D eigenvalue weighted by molar-refractivity contribution is 0.0593. The highest BCUT2D eigenvalue weighted by molar-refractivity contribution is 6.04. The van der Waals surface area contributed by atoms with Crippen LogP contribution < -0.4 is 5.32 Å². The van der Waals surface area contributed by atoms with Crippen molar-refractivity contribution in [1.29, 1.82) is 0 Å². The van der Waals surface area contributed by atoms with Crippen molar-refractivity contribution in [2.24, 2.45) is 5.92 Å². The number of ketones is 1. The molecule has 0 radical (unpaired) electrons. The molecule has 2 N–H and O–H groups in total. The molecule has 1 heterocycles. The zero-order valence-corrected chi connectivity index (χ0v) is 15.3. The number of aromatic nitrogens is 1. The SMILES string of the molecule is CCNC(=O)N(CC(=O)c1c(C)[nH]c(C(=O)OC)c1C)CC(C)C. The van der Waals surface area contributed by atoms with Gasteiger partial charge in [-0.1, -0.05) is 13.8 Å². The Bertz CT molecular complexity index is 620. The van der Waals surface area contributed by atoms with E-state index in [1.54, 1.807) is 13.8 Å². The summed E-state index contributed by atoms with van der Waals surface area (Å²) in [6, 6.07) is -0.265. The van der Waals surface area contributed by atoms with Crippen LogP contribution in [0.15, 0.2) is 0 Å². The van der Waals surface area contributed by atoms with Crippen molar-refractivity contribution in [3.8, 4) is 0 Å². The van der Waals surface area contributed by atoms with Crippen LogP contribution in [-0.4, -0.2) is 54.4 Å². The molecule has 24 heavy (non-hydrogen) atoms. The van der Waals surface area contributed by atoms with Crippen molar-refractivity contribution in [2.45, 2.75) is 34.6 Å². The van der Waals surface area contributed by atoms with Crippen LogP contribution in [0, 0.1) is 19.8 Å². The predicted molar refractivity (Wildman–Crippen MR) is 91.4 cm³/mol. The summed E-state index contributed by atoms with van der Waals surface area (Å²) in [6.45, 7) is 10.2. The third kappa shape index (κ3) is 4.59. The number of H-pyrrole nitrogens is 1. The number of hydrogen-bond donors (Lipinski definition) is 2. The van der Waals surface area contributed by atoms with Gasteiger partial charge in [-0.15, -0.1) is 0 Å². The van der Waals surface area contributed by atoms with Crippen LogP contribution in [0.2, 0.25) is 0 Å². The molecule has 0 aliphatic heterocycles. The van der Waals surface area contributed by atoms with Gasteiger partial charge in [0.1, 0.15) is 5.69 Å². The molecule has 0 aliphatic carbocycles. The molecule has 1 rings (SSSR count). The van der Waals surface area contributed by atoms with E-state index in [9.17, 15) is 14.4 Å². The van der Waals surface area contributed by atoms with Gasteiger partial charge < -0.3 is 19.9 Å². The Hall–Kier alpha value is -2.31. The van der Waals surface area contributed by atoms with Crippen LogP contribution in [0.4, 0.5) is 4.79 Å². The number of Topliss-reactive ketones (excluding diaryl/α,β-unsaturated/α-hetero) is 1. The van der Waals surface area contributed by atoms with Gasteiger partial charge in [-0.3, -0.25) is 4.79 Å². The number of aromatic amines is 1. The van der Waals surface area contributed by atoms with E-state index in [-0.39, 0.29) is 30.0 Å². The van der Waals surface area contributed by atoms with Gasteiger partial charge in [0.25, 0.3) is 0 Å². The fourth-order valence-electron chi connectivity index (χ4n) is 2.65. The number of hydrogen-bond acceptors (Lipinski definition) is 4. The van der Waals surface area contributed by atoms with E-state index in [2.05, 4.69) is 10.3 Å². The Kier molecular flexibility index (Phi) is 7.00. The summed E-state index contributed by atoms with van der Waals surface area (Å²) in [5, 5.41) is 2.72. The van der Waals surface area contributed by atoms with Crippen molar-refractivity contribution in [3.05, 3.63) is 22.5 Å². The van der Waals surface area contributed by atoms with Gasteiger partial charge in [-0.05, 0) is 32.3 Å². The standard InChI is InChI=1S/C17H27N3O4/c1-7-18-17(23)20(8-10(2)3)9-13(21)14-11(4)15(16(22)24-6)19-12(14)5/h10,19H,7-9H2,1-6H3,(H,18,23). The van der Waals surface area contributed by atoms with Crippen LogP contribution in [-0.2, 0) is 4.74 Å². The summed E-state index contributed by atoms with van der Waals surface area (Å²) < 4.78 is 4.71. The van der Waals surface area contributed by atoms with E-state index in [0.29, 0.717) is 29.9 Å². The van der Waals surface area contributed by atoms with E-state index >= 15 is 0 Å². The molecule has 0 fully saturated rings. The molecule has 1 aromatic rings. The lowest BCUT2D eigenvalue weighted by Crippen LogP contribution is -2.44. The minimum Gasteiger partial charge on any atom is -0.464 e. The highest BCUT2D eigenvalue weighted by atomic mass is 16.5. The fraction of sp³-hybridized carbons (Fsp3) is 0.588. The summed E-state index contributed by atoms with van der Waals surface area (Å²) in [5.74, 6) is -0.486. The van der Waals surface area contributed by atoms with E-state index in [1.165, 1.54) is 12.0 Å². The lowest BCUT2D eigenvalue weighted by Gasteiger charge is -2.24. The molecule has 0 saturated carbocycles. The molecule has 0 unspecified atom stereocenters. The van der Waals surface area contributed by atoms with Crippen LogP contribution >= 0.6 is 0 Å². The van der Waals surface area contributed by atoms with Gasteiger partial charge in [0.15, 0.2) is 5.78 Å². The number of ether oxygens (including phenoxy) is 1. The van der Waals surface area contributed by atoms with Crippen molar-refractivity contribution in [2.75, 3.05) is 26.7 Å². The zero-order chi connectivity index (χ0) is 18.4. The summed E-state index contributed by atoms with van der Waals surface area (Å²) in [4.78, 5) is 41.0. The second-order valence-corrected chi connectivity index (χ2v) is 6.15. The normalized spacial score (nSPS) is 10.6. The second kappa shape index (κ2) is 8.52. The Morgan fingerprint density at radius 2 is 1.88 bits per heavy atom. The van der Waals surface area contributed by atoms with Gasteiger partial charge >= 0.3 is 12.0 Å². The smallest absolute Gasteiger partial charge is 0.354 e. The summed E-state index contributed by atoms with van der Waals surface area (Å²) in [6.07, 6.45) is 0. The number of carbonyl (C=O) groups excluding carboxylic acids is 3. The van der Waals surface area contributed by atoms with Crippen molar-refractivity contribution < 1.29 is 19.1 Å². The topological polar surface area (TPSA) is 91.5 Å². The molecular weight excluding hydrogens is 310 g/mol. The number of urea groups is 1. The Balaban J connectivity index is 3.05. The van der Waals surface area contributed by atoms with Gasteiger partial charge in [-0.25, -0.2) is 9.59 Å². The van der Waals surface area contributed by atoms with Gasteiger partial charge in [0.2, 0.25) is 0 Å². The van der Waals surface area contributed by atoms with Gasteiger partial charge in [0.05, 0.1) is 13.7 Å². The number of rotatable bonds is 7. The van der Waals surface area contributed by atoms with Crippen molar-refractivity contribution >= 4 is 17.8 Å². The number of methoxy groups -OCH3 is 1. The van der Waals surface area contributed by atoms with Gasteiger partial charge in [-0.2, -0.15) is 0 Å². The number of amides is 2. The monoisotopic (exact) mass is 337 g/mol. The molecule has 7 nitrogen and oxygen atoms in total. The first kappa shape index (κ1) is 19.7. The van der Waals surface area contributed by atoms with Crippen molar-refractivity contribution in [1.82, 2.24) is 15.2 Å². The molecular formula is C17H27N3O4. The Morgan fingerprint density at radius 1 is 1.25 bits per heavy atom. The largest absolute Gasteiger partial charge is 0.464 e. The Morgan fingerprint density at radius 3 is 2.38 bits per heavy atom. The third-order valence-electron chi connectivity index (χ3n) is 3.64. The number of aryl methyl sites for hydroxylation is 1. The maximum absolute atomic E-state index is 12.7. The quantitative estimate of drug-likeness (QED) is 0.590. The highest BCUT2D eigenvalue weighted by Gasteiger charge is 2.25. The molecule has 0 aliphatic rings. The lowest BCUT2D eigenvalue weighted by atomic mass is 10.0. The van der Waals surface area contributed by atoms with Crippen molar-refractivity contribution in [3.63, 3.8) is 0 Å². The first-order valence-corrected chi connectivity index (χ1v) is 8.06. The summed E-state index contributed by atoms with van der Waals surface area (Å²) >= 11 is 0. The number of esters is 1. The summed E-state index contributed by atoms with van der Waals surface area (Å²) in [7, 11) is 1.29. The second-order valence-electron chi connectivity index (χ2n) is 6.15. The average Bonchev–Trinajstić information content (AvgIpc) is 2.80. The van der Waals surface area contributed by atoms with Crippen LogP contribution in [0.25, 0.3) is 0 Å². The molecule has 0 aromatic carbocycles. The van der Waals surface area contributed by atoms with Crippen LogP contribution in [0.5, 0.6) is 0 Å². The van der Waals surface area contributed by atoms with Crippen LogP contribution in [0.3, 0.4) is 0 Å². The van der Waals surface area contributed by atoms with Gasteiger partial charge in [0, 0.05) is 24.3 Å². The van der Waals surface area contributed by atoms with E-state index in [0.717, 1.165) is 0 Å². The Labute approximate surface area is 142 Å². The van der Waals surface area contributed by atoms with Crippen LogP contribution in [0.1, 0.15) is 52.9 Å². The first-order chi connectivity index (χ1) is 11.2. The number of carbonyl (C=O) groups is 3. The average molecular weight is 337 g/mol. The molecule has 0 atom stereocenters. The minimum atomic E-state index is -0.516. The van der Waals surface area contributed by atoms with E-state index in [4.69, 9.17) is 4.74 Å². The molecule has 7 heteroatoms. The molecule has 1 aromatic heterocycles. The minimum absolute atomic E-state index is 0.0375. The first-order valence-electron chi connectivity index (χ1n) is 8.06. The highest BCUT2D eigenvalue weighted by Crippen LogP contribution is 2.20. The number of nitrogens with one attached hydrogen (secondary N) is 2. The molecule has 0 bridgehead atoms. The number of nitrogens with zero attached hydrogens (tertiary/aromatic N) is 1. The molecule has 134 valence electrons. The summed E-state index contributed by atoms with van der Waals surface area (Å²) in [5.41, 5.74) is 1.85. The fourth-order valence-corrected chi connectivity index (χ4v) is 2.65. The zero-order valence-electron chi connectivity index (χ0n) is 15.3. The molecule has 2 amide bonds. The molecule has 0 saturated heterocycles.